The number of amides is 2. The molecule has 60 heavy (non-hydrogen) atoms. The molecule has 8 N–H and O–H groups in total. The standard InChI is InChI=1S/C46H67BClN5O7/c1-28(43(57)52-37(11-7-9-21-50)40(56)23-29(2)47-59-42-26-34-25-41(45(34,3)4)46(42,5)60-47)22-39(55)36(10-6-8-20-49)53-44(58)33(27-51)24-38(54)32-14-12-30(13-15-32)31-16-18-35(48)19-17-31/h12-19,28-29,33-34,36-37,41-42H,6-11,20-27,49-51H2,1-5H3,(H,52,57)(H,53,58)/t28-,29-,33+,34+,36+,37+,41+,42?,46+/m1/s1. The topological polar surface area (TPSA) is 206 Å². The molecule has 12 nitrogen and oxygen atoms in total. The first kappa shape index (κ1) is 47.6. The predicted octanol–water partition coefficient (Wildman–Crippen LogP) is 6.06. The lowest BCUT2D eigenvalue weighted by Crippen LogP contribution is -2.65. The zero-order valence-electron chi connectivity index (χ0n) is 36.2. The Kier molecular flexibility index (Phi) is 16.7. The Morgan fingerprint density at radius 2 is 1.32 bits per heavy atom. The molecule has 0 spiro atoms. The highest BCUT2D eigenvalue weighted by Gasteiger charge is 2.68. The maximum atomic E-state index is 13.9. The molecule has 0 radical (unpaired) electrons. The Labute approximate surface area is 361 Å². The lowest BCUT2D eigenvalue weighted by Gasteiger charge is -2.64. The second-order valence-electron chi connectivity index (χ2n) is 18.4. The van der Waals surface area contributed by atoms with E-state index in [1.807, 2.05) is 31.2 Å². The molecule has 4 fully saturated rings. The van der Waals surface area contributed by atoms with Crippen molar-refractivity contribution in [2.75, 3.05) is 19.6 Å². The van der Waals surface area contributed by atoms with Crippen LogP contribution in [0.2, 0.25) is 10.8 Å². The molecule has 2 aromatic rings. The van der Waals surface area contributed by atoms with Crippen LogP contribution < -0.4 is 27.8 Å². The molecule has 1 aliphatic heterocycles. The quantitative estimate of drug-likeness (QED) is 0.0470. The van der Waals surface area contributed by atoms with Crippen LogP contribution in [0.4, 0.5) is 0 Å². The first-order valence-corrected chi connectivity index (χ1v) is 22.4. The number of unbranched alkanes of at least 4 members (excludes halogenated alkanes) is 2. The van der Waals surface area contributed by atoms with Gasteiger partial charge in [0.15, 0.2) is 17.3 Å². The van der Waals surface area contributed by atoms with Gasteiger partial charge >= 0.3 is 7.12 Å². The van der Waals surface area contributed by atoms with Gasteiger partial charge in [-0.2, -0.15) is 0 Å². The Balaban J connectivity index is 1.16. The molecule has 1 unspecified atom stereocenters. The Morgan fingerprint density at radius 1 is 0.767 bits per heavy atom. The van der Waals surface area contributed by atoms with E-state index in [0.29, 0.717) is 74.0 Å². The monoisotopic (exact) mass is 847 g/mol. The van der Waals surface area contributed by atoms with Gasteiger partial charge in [0.25, 0.3) is 0 Å². The van der Waals surface area contributed by atoms with E-state index in [1.165, 1.54) is 0 Å². The number of nitrogens with one attached hydrogen (secondary N) is 2. The normalized spacial score (nSPS) is 23.9. The number of hydrogen-bond acceptors (Lipinski definition) is 10. The van der Waals surface area contributed by atoms with Crippen LogP contribution >= 0.6 is 11.6 Å². The zero-order valence-corrected chi connectivity index (χ0v) is 36.9. The molecule has 6 rings (SSSR count). The molecule has 4 aliphatic rings. The van der Waals surface area contributed by atoms with Crippen molar-refractivity contribution in [3.05, 3.63) is 59.1 Å². The Bertz CT molecular complexity index is 1810. The summed E-state index contributed by atoms with van der Waals surface area (Å²) in [6.45, 7) is 11.2. The van der Waals surface area contributed by atoms with Crippen molar-refractivity contribution in [3.63, 3.8) is 0 Å². The predicted molar refractivity (Wildman–Crippen MR) is 236 cm³/mol. The maximum Gasteiger partial charge on any atom is 0.461 e. The molecule has 2 amide bonds. The summed E-state index contributed by atoms with van der Waals surface area (Å²) >= 11 is 6.02. The third-order valence-corrected chi connectivity index (χ3v) is 13.9. The summed E-state index contributed by atoms with van der Waals surface area (Å²) in [6.07, 6.45) is 5.27. The molecule has 0 aromatic heterocycles. The molecule has 2 aromatic carbocycles. The fourth-order valence-corrected chi connectivity index (χ4v) is 9.70. The largest absolute Gasteiger partial charge is 0.461 e. The average Bonchev–Trinajstić information content (AvgIpc) is 3.59. The molecule has 3 saturated carbocycles. The highest BCUT2D eigenvalue weighted by Crippen LogP contribution is 2.66. The van der Waals surface area contributed by atoms with Crippen LogP contribution in [0.3, 0.4) is 0 Å². The number of halogens is 1. The van der Waals surface area contributed by atoms with Crippen LogP contribution in [0.1, 0.15) is 116 Å². The van der Waals surface area contributed by atoms with Gasteiger partial charge in [-0.1, -0.05) is 75.7 Å². The summed E-state index contributed by atoms with van der Waals surface area (Å²) in [5.41, 5.74) is 19.6. The van der Waals surface area contributed by atoms with E-state index in [1.54, 1.807) is 31.2 Å². The van der Waals surface area contributed by atoms with Gasteiger partial charge in [-0.05, 0) is 118 Å². The molecule has 2 bridgehead atoms. The van der Waals surface area contributed by atoms with Gasteiger partial charge < -0.3 is 37.1 Å². The molecule has 3 aliphatic carbocycles. The highest BCUT2D eigenvalue weighted by atomic mass is 35.5. The van der Waals surface area contributed by atoms with Crippen molar-refractivity contribution in [2.45, 2.75) is 135 Å². The minimum absolute atomic E-state index is 0.00719. The third-order valence-electron chi connectivity index (χ3n) is 13.7. The smallest absolute Gasteiger partial charge is 0.405 e. The highest BCUT2D eigenvalue weighted by molar-refractivity contribution is 6.47. The fourth-order valence-electron chi connectivity index (χ4n) is 9.57. The summed E-state index contributed by atoms with van der Waals surface area (Å²) < 4.78 is 13.1. The van der Waals surface area contributed by atoms with E-state index in [9.17, 15) is 24.0 Å². The number of nitrogens with two attached hydrogens (primary N) is 3. The number of hydrogen-bond donors (Lipinski definition) is 5. The summed E-state index contributed by atoms with van der Waals surface area (Å²) in [5.74, 6) is -2.47. The van der Waals surface area contributed by atoms with Crippen molar-refractivity contribution in [1.82, 2.24) is 10.6 Å². The van der Waals surface area contributed by atoms with E-state index < -0.39 is 42.9 Å². The van der Waals surface area contributed by atoms with Crippen molar-refractivity contribution in [2.24, 2.45) is 46.3 Å². The van der Waals surface area contributed by atoms with Crippen LogP contribution in [0.5, 0.6) is 0 Å². The fraction of sp³-hybridized carbons (Fsp3) is 0.630. The van der Waals surface area contributed by atoms with Crippen molar-refractivity contribution >= 4 is 47.9 Å². The number of Topliss-reactive ketones (excluding diaryl/α,β-unsaturated/α-hetero) is 3. The number of benzene rings is 2. The van der Waals surface area contributed by atoms with Crippen LogP contribution in [0.15, 0.2) is 48.5 Å². The Hall–Kier alpha value is -3.46. The van der Waals surface area contributed by atoms with Crippen LogP contribution in [0.25, 0.3) is 11.1 Å². The van der Waals surface area contributed by atoms with Gasteiger partial charge in [-0.3, -0.25) is 24.0 Å². The van der Waals surface area contributed by atoms with Gasteiger partial charge in [0.05, 0.1) is 29.7 Å². The second-order valence-corrected chi connectivity index (χ2v) is 18.8. The van der Waals surface area contributed by atoms with E-state index in [4.69, 9.17) is 38.1 Å². The molecule has 328 valence electrons. The summed E-state index contributed by atoms with van der Waals surface area (Å²) in [6, 6.07) is 12.8. The van der Waals surface area contributed by atoms with Crippen molar-refractivity contribution in [1.29, 1.82) is 0 Å². The van der Waals surface area contributed by atoms with Gasteiger partial charge in [0, 0.05) is 42.3 Å². The van der Waals surface area contributed by atoms with Crippen LogP contribution in [-0.4, -0.2) is 79.7 Å². The maximum absolute atomic E-state index is 13.9. The van der Waals surface area contributed by atoms with E-state index >= 15 is 0 Å². The number of carbonyl (C=O) groups is 5. The van der Waals surface area contributed by atoms with Gasteiger partial charge in [0.1, 0.15) is 0 Å². The number of ketones is 3. The van der Waals surface area contributed by atoms with Crippen molar-refractivity contribution < 1.29 is 33.3 Å². The van der Waals surface area contributed by atoms with Gasteiger partial charge in [0.2, 0.25) is 11.8 Å². The summed E-state index contributed by atoms with van der Waals surface area (Å²) in [7, 11) is -0.508. The number of carbonyl (C=O) groups excluding carboxylic acids is 5. The molecular weight excluding hydrogens is 781 g/mol. The molecule has 9 atom stereocenters. The van der Waals surface area contributed by atoms with Gasteiger partial charge in [-0.15, -0.1) is 0 Å². The van der Waals surface area contributed by atoms with E-state index in [-0.39, 0.29) is 66.1 Å². The SMILES string of the molecule is C[C@H](CC(=O)[C@H](CCCCN)NC(=O)[C@H](C)CC(=O)[C@H](CCCCN)NC(=O)[C@H](CN)CC(=O)c1ccc(-c2ccc(Cl)cc2)cc1)B1OC2C[C@@H]3C[C@@H](C3(C)C)[C@]2(C)O1. The number of rotatable bonds is 24. The summed E-state index contributed by atoms with van der Waals surface area (Å²) in [4.78, 5) is 68.2. The molecular formula is C46H67BClN5O7. The second kappa shape index (κ2) is 21.1. The first-order chi connectivity index (χ1) is 28.5. The van der Waals surface area contributed by atoms with E-state index in [0.717, 1.165) is 24.0 Å². The average molecular weight is 848 g/mol. The first-order valence-electron chi connectivity index (χ1n) is 22.0. The minimum atomic E-state index is -0.904. The minimum Gasteiger partial charge on any atom is -0.405 e. The van der Waals surface area contributed by atoms with E-state index in [2.05, 4.69) is 31.4 Å². The Morgan fingerprint density at radius 3 is 1.87 bits per heavy atom. The molecule has 1 heterocycles. The summed E-state index contributed by atoms with van der Waals surface area (Å²) in [5, 5.41) is 6.41. The molecule has 14 heteroatoms. The lowest BCUT2D eigenvalue weighted by atomic mass is 9.43. The van der Waals surface area contributed by atoms with Crippen LogP contribution in [-0.2, 0) is 28.5 Å². The van der Waals surface area contributed by atoms with Crippen molar-refractivity contribution in [3.8, 4) is 11.1 Å². The third kappa shape index (κ3) is 11.3. The zero-order chi connectivity index (χ0) is 43.8. The van der Waals surface area contributed by atoms with Gasteiger partial charge in [-0.25, -0.2) is 0 Å². The lowest BCUT2D eigenvalue weighted by molar-refractivity contribution is -0.199. The molecule has 1 saturated heterocycles. The van der Waals surface area contributed by atoms with Crippen LogP contribution in [0, 0.1) is 29.1 Å².